The predicted molar refractivity (Wildman–Crippen MR) is 127 cm³/mol. The third kappa shape index (κ3) is 46.8. The summed E-state index contributed by atoms with van der Waals surface area (Å²) in [6.07, 6.45) is 14.5. The van der Waals surface area contributed by atoms with Gasteiger partial charge >= 0.3 is 11.9 Å². The summed E-state index contributed by atoms with van der Waals surface area (Å²) in [6.45, 7) is 6.08. The number of aliphatic carboxylic acids is 2. The van der Waals surface area contributed by atoms with Crippen LogP contribution in [0.15, 0.2) is 0 Å². The third-order valence-corrected chi connectivity index (χ3v) is 4.33. The maximum atomic E-state index is 10.1. The van der Waals surface area contributed by atoms with Crippen LogP contribution in [0.4, 0.5) is 0 Å². The Labute approximate surface area is 195 Å². The first-order valence-corrected chi connectivity index (χ1v) is 12.3. The van der Waals surface area contributed by atoms with Crippen molar-refractivity contribution >= 4 is 11.9 Å². The fraction of sp³-hybridized carbons (Fsp3) is 0.917. The van der Waals surface area contributed by atoms with Crippen molar-refractivity contribution in [3.05, 3.63) is 0 Å². The lowest BCUT2D eigenvalue weighted by Gasteiger charge is -2.01. The highest BCUT2D eigenvalue weighted by molar-refractivity contribution is 5.66. The molecule has 0 radical (unpaired) electrons. The molecular weight excluding hydrogens is 416 g/mol. The van der Waals surface area contributed by atoms with E-state index >= 15 is 0 Å². The van der Waals surface area contributed by atoms with Gasteiger partial charge in [0.25, 0.3) is 0 Å². The first-order valence-electron chi connectivity index (χ1n) is 12.3. The van der Waals surface area contributed by atoms with E-state index in [9.17, 15) is 9.59 Å². The summed E-state index contributed by atoms with van der Waals surface area (Å²) in [5, 5.41) is 33.2. The van der Waals surface area contributed by atoms with Gasteiger partial charge in [-0.3, -0.25) is 9.59 Å². The zero-order valence-corrected chi connectivity index (χ0v) is 20.6. The SMILES string of the molecule is CCCCCCCCC(=O)O.CCCCCCCCC(=O)O.OCCOCCOCCO. The molecule has 0 amide bonds. The van der Waals surface area contributed by atoms with E-state index in [0.717, 1.165) is 25.7 Å². The molecule has 0 bridgehead atoms. The van der Waals surface area contributed by atoms with E-state index in [0.29, 0.717) is 39.3 Å². The first kappa shape index (κ1) is 35.4. The van der Waals surface area contributed by atoms with Crippen molar-refractivity contribution in [1.82, 2.24) is 0 Å². The summed E-state index contributed by atoms with van der Waals surface area (Å²) in [7, 11) is 0. The fourth-order valence-electron chi connectivity index (χ4n) is 2.56. The van der Waals surface area contributed by atoms with Crippen LogP contribution in [0.2, 0.25) is 0 Å². The molecule has 194 valence electrons. The highest BCUT2D eigenvalue weighted by Gasteiger charge is 1.96. The molecule has 32 heavy (non-hydrogen) atoms. The molecule has 0 aromatic heterocycles. The Kier molecular flexibility index (Phi) is 38.0. The zero-order chi connectivity index (χ0) is 24.7. The van der Waals surface area contributed by atoms with Crippen molar-refractivity contribution in [2.24, 2.45) is 0 Å². The summed E-state index contributed by atoms with van der Waals surface area (Å²) >= 11 is 0. The van der Waals surface area contributed by atoms with Gasteiger partial charge in [0, 0.05) is 12.8 Å². The van der Waals surface area contributed by atoms with Crippen molar-refractivity contribution in [2.75, 3.05) is 39.6 Å². The highest BCUT2D eigenvalue weighted by Crippen LogP contribution is 2.07. The molecule has 0 aliphatic heterocycles. The Balaban J connectivity index is -0.000000395. The minimum Gasteiger partial charge on any atom is -0.481 e. The van der Waals surface area contributed by atoms with Crippen molar-refractivity contribution in [3.8, 4) is 0 Å². The minimum absolute atomic E-state index is 0.0417. The van der Waals surface area contributed by atoms with E-state index in [1.807, 2.05) is 0 Å². The van der Waals surface area contributed by atoms with Gasteiger partial charge in [0.1, 0.15) is 0 Å². The molecule has 0 atom stereocenters. The Morgan fingerprint density at radius 2 is 0.844 bits per heavy atom. The summed E-state index contributed by atoms with van der Waals surface area (Å²) in [5.41, 5.74) is 0. The van der Waals surface area contributed by atoms with Crippen LogP contribution in [0.5, 0.6) is 0 Å². The minimum atomic E-state index is -0.666. The second-order valence-corrected chi connectivity index (χ2v) is 7.49. The monoisotopic (exact) mass is 466 g/mol. The number of aliphatic hydroxyl groups is 2. The van der Waals surface area contributed by atoms with E-state index in [2.05, 4.69) is 13.8 Å². The van der Waals surface area contributed by atoms with Crippen LogP contribution in [0.25, 0.3) is 0 Å². The molecular formula is C24H50O8. The number of carboxylic acids is 2. The number of hydrogen-bond acceptors (Lipinski definition) is 6. The third-order valence-electron chi connectivity index (χ3n) is 4.33. The molecule has 0 heterocycles. The molecule has 0 unspecified atom stereocenters. The molecule has 4 N–H and O–H groups in total. The number of unbranched alkanes of at least 4 members (excludes halogenated alkanes) is 10. The second-order valence-electron chi connectivity index (χ2n) is 7.49. The average molecular weight is 467 g/mol. The maximum Gasteiger partial charge on any atom is 0.303 e. The van der Waals surface area contributed by atoms with Gasteiger partial charge in [-0.2, -0.15) is 0 Å². The van der Waals surface area contributed by atoms with Gasteiger partial charge < -0.3 is 29.9 Å². The van der Waals surface area contributed by atoms with E-state index in [1.165, 1.54) is 51.4 Å². The Morgan fingerprint density at radius 3 is 1.12 bits per heavy atom. The van der Waals surface area contributed by atoms with Crippen LogP contribution in [-0.4, -0.2) is 72.0 Å². The number of carboxylic acid groups (broad SMARTS) is 2. The quantitative estimate of drug-likeness (QED) is 0.180. The van der Waals surface area contributed by atoms with Crippen LogP contribution < -0.4 is 0 Å². The summed E-state index contributed by atoms with van der Waals surface area (Å²) < 4.78 is 9.75. The van der Waals surface area contributed by atoms with Crippen molar-refractivity contribution in [3.63, 3.8) is 0 Å². The predicted octanol–water partition coefficient (Wildman–Crippen LogP) is 4.65. The van der Waals surface area contributed by atoms with Gasteiger partial charge in [-0.25, -0.2) is 0 Å². The van der Waals surface area contributed by atoms with E-state index < -0.39 is 11.9 Å². The average Bonchev–Trinajstić information content (AvgIpc) is 2.76. The topological polar surface area (TPSA) is 134 Å². The van der Waals surface area contributed by atoms with Gasteiger partial charge in [0.05, 0.1) is 39.6 Å². The van der Waals surface area contributed by atoms with Gasteiger partial charge in [0.15, 0.2) is 0 Å². The summed E-state index contributed by atoms with van der Waals surface area (Å²) in [4.78, 5) is 20.2. The Bertz CT molecular complexity index is 330. The number of rotatable bonds is 21. The number of carbonyl (C=O) groups is 2. The molecule has 8 nitrogen and oxygen atoms in total. The van der Waals surface area contributed by atoms with Gasteiger partial charge in [-0.1, -0.05) is 78.1 Å². The van der Waals surface area contributed by atoms with Crippen molar-refractivity contribution in [2.45, 2.75) is 104 Å². The maximum absolute atomic E-state index is 10.1. The van der Waals surface area contributed by atoms with E-state index in [1.54, 1.807) is 0 Å². The lowest BCUT2D eigenvalue weighted by Crippen LogP contribution is -2.09. The molecule has 0 rings (SSSR count). The number of ether oxygens (including phenoxy) is 2. The van der Waals surface area contributed by atoms with Crippen LogP contribution in [0, 0.1) is 0 Å². The van der Waals surface area contributed by atoms with E-state index in [-0.39, 0.29) is 13.2 Å². The molecule has 0 saturated carbocycles. The summed E-state index contributed by atoms with van der Waals surface area (Å²) in [5.74, 6) is -1.33. The molecule has 0 aliphatic carbocycles. The number of hydrogen-bond donors (Lipinski definition) is 4. The van der Waals surface area contributed by atoms with Crippen LogP contribution >= 0.6 is 0 Å². The Morgan fingerprint density at radius 1 is 0.531 bits per heavy atom. The van der Waals surface area contributed by atoms with Crippen molar-refractivity contribution in [1.29, 1.82) is 0 Å². The van der Waals surface area contributed by atoms with Crippen molar-refractivity contribution < 1.29 is 39.5 Å². The highest BCUT2D eigenvalue weighted by atomic mass is 16.5. The zero-order valence-electron chi connectivity index (χ0n) is 20.6. The molecule has 0 aliphatic rings. The van der Waals surface area contributed by atoms with Crippen LogP contribution in [-0.2, 0) is 19.1 Å². The molecule has 0 spiro atoms. The summed E-state index contributed by atoms with van der Waals surface area (Å²) in [6, 6.07) is 0. The van der Waals surface area contributed by atoms with E-state index in [4.69, 9.17) is 29.9 Å². The van der Waals surface area contributed by atoms with Gasteiger partial charge in [-0.05, 0) is 12.8 Å². The molecule has 0 saturated heterocycles. The van der Waals surface area contributed by atoms with Crippen LogP contribution in [0.3, 0.4) is 0 Å². The Hall–Kier alpha value is -1.22. The first-order chi connectivity index (χ1) is 15.5. The smallest absolute Gasteiger partial charge is 0.303 e. The second kappa shape index (κ2) is 34.4. The lowest BCUT2D eigenvalue weighted by molar-refractivity contribution is -0.138. The lowest BCUT2D eigenvalue weighted by atomic mass is 10.1. The van der Waals surface area contributed by atoms with Gasteiger partial charge in [-0.15, -0.1) is 0 Å². The fourth-order valence-corrected chi connectivity index (χ4v) is 2.56. The molecule has 0 aromatic carbocycles. The molecule has 0 aromatic rings. The number of aliphatic hydroxyl groups excluding tert-OH is 2. The standard InChI is InChI=1S/2C9H18O2.C6H14O4/c2*1-2-3-4-5-6-7-8-9(10)11;7-1-3-9-5-6-10-4-2-8/h2*2-8H2,1H3,(H,10,11);7-8H,1-6H2. The molecule has 0 fully saturated rings. The van der Waals surface area contributed by atoms with Crippen LogP contribution in [0.1, 0.15) is 104 Å². The largest absolute Gasteiger partial charge is 0.481 e. The molecule has 8 heteroatoms. The van der Waals surface area contributed by atoms with Gasteiger partial charge in [0.2, 0.25) is 0 Å². The normalized spacial score (nSPS) is 10.0.